The van der Waals surface area contributed by atoms with E-state index in [1.807, 2.05) is 25.9 Å². The van der Waals surface area contributed by atoms with Crippen LogP contribution in [0.25, 0.3) is 0 Å². The fourth-order valence-corrected chi connectivity index (χ4v) is 3.32. The molecule has 114 valence electrons. The Labute approximate surface area is 128 Å². The lowest BCUT2D eigenvalue weighted by Crippen LogP contribution is -2.52. The second-order valence-corrected chi connectivity index (χ2v) is 6.96. The van der Waals surface area contributed by atoms with Crippen LogP contribution in [0.15, 0.2) is 4.34 Å². The van der Waals surface area contributed by atoms with E-state index in [4.69, 9.17) is 4.74 Å². The van der Waals surface area contributed by atoms with Gasteiger partial charge in [-0.1, -0.05) is 30.0 Å². The van der Waals surface area contributed by atoms with Crippen molar-refractivity contribution in [2.75, 3.05) is 38.4 Å². The van der Waals surface area contributed by atoms with Crippen LogP contribution in [0.1, 0.15) is 20.3 Å². The van der Waals surface area contributed by atoms with E-state index in [2.05, 4.69) is 22.4 Å². The maximum absolute atomic E-state index is 11.9. The third kappa shape index (κ3) is 4.60. The summed E-state index contributed by atoms with van der Waals surface area (Å²) in [5.41, 5.74) is -0.709. The number of hydrogen-bond donors (Lipinski definition) is 1. The predicted molar refractivity (Wildman–Crippen MR) is 83.7 cm³/mol. The lowest BCUT2D eigenvalue weighted by atomic mass is 10.1. The molecule has 0 amide bonds. The van der Waals surface area contributed by atoms with Crippen molar-refractivity contribution in [3.8, 4) is 0 Å². The zero-order valence-corrected chi connectivity index (χ0v) is 14.2. The van der Waals surface area contributed by atoms with Crippen LogP contribution in [0.2, 0.25) is 0 Å². The summed E-state index contributed by atoms with van der Waals surface area (Å²) >= 11 is 3.03. The van der Waals surface area contributed by atoms with Crippen LogP contribution in [-0.4, -0.2) is 55.2 Å². The highest BCUT2D eigenvalue weighted by Gasteiger charge is 2.34. The third-order valence-corrected chi connectivity index (χ3v) is 5.20. The van der Waals surface area contributed by atoms with Gasteiger partial charge in [0.05, 0.1) is 7.11 Å². The van der Waals surface area contributed by atoms with E-state index in [9.17, 15) is 4.79 Å². The van der Waals surface area contributed by atoms with E-state index in [1.165, 1.54) is 30.2 Å². The van der Waals surface area contributed by atoms with E-state index in [-0.39, 0.29) is 5.97 Å². The van der Waals surface area contributed by atoms with Crippen molar-refractivity contribution in [1.82, 2.24) is 15.5 Å². The summed E-state index contributed by atoms with van der Waals surface area (Å²) in [6.07, 6.45) is 0.959. The molecule has 0 bridgehead atoms. The van der Waals surface area contributed by atoms with Gasteiger partial charge in [0.2, 0.25) is 5.13 Å². The van der Waals surface area contributed by atoms with Crippen LogP contribution in [0.3, 0.4) is 0 Å². The van der Waals surface area contributed by atoms with Crippen LogP contribution in [0, 0.1) is 0 Å². The van der Waals surface area contributed by atoms with Crippen molar-refractivity contribution in [2.45, 2.75) is 30.1 Å². The first kappa shape index (κ1) is 17.2. The number of anilines is 1. The molecule has 1 aromatic heterocycles. The molecule has 0 aromatic carbocycles. The number of carbonyl (C=O) groups excluding carboxylic acids is 1. The molecule has 20 heavy (non-hydrogen) atoms. The first-order valence-corrected chi connectivity index (χ1v) is 8.20. The molecular formula is C12H22N4O2S2. The Morgan fingerprint density at radius 3 is 2.70 bits per heavy atom. The highest BCUT2D eigenvalue weighted by molar-refractivity contribution is 8.01. The summed E-state index contributed by atoms with van der Waals surface area (Å²) in [5.74, 6) is 0.303. The standard InChI is InChI=1S/C12H22N4O2S2/c1-6-7-13-12(2,9(17)18-5)8-19-11-15-14-10(20-11)16(3)4/h13H,6-8H2,1-5H3. The molecule has 0 radical (unpaired) electrons. The Bertz CT molecular complexity index is 439. The number of hydrogen-bond acceptors (Lipinski definition) is 8. The van der Waals surface area contributed by atoms with Crippen molar-refractivity contribution in [3.05, 3.63) is 0 Å². The highest BCUT2D eigenvalue weighted by Crippen LogP contribution is 2.29. The van der Waals surface area contributed by atoms with Crippen molar-refractivity contribution >= 4 is 34.2 Å². The molecule has 0 fully saturated rings. The molecule has 1 unspecified atom stereocenters. The highest BCUT2D eigenvalue weighted by atomic mass is 32.2. The molecular weight excluding hydrogens is 296 g/mol. The second-order valence-electron chi connectivity index (χ2n) is 4.78. The average molecular weight is 318 g/mol. The number of nitrogens with zero attached hydrogens (tertiary/aromatic N) is 3. The minimum atomic E-state index is -0.709. The number of methoxy groups -OCH3 is 1. The minimum Gasteiger partial charge on any atom is -0.468 e. The van der Waals surface area contributed by atoms with Gasteiger partial charge in [0.25, 0.3) is 0 Å². The molecule has 8 heteroatoms. The van der Waals surface area contributed by atoms with Crippen molar-refractivity contribution in [2.24, 2.45) is 0 Å². The van der Waals surface area contributed by atoms with Crippen molar-refractivity contribution in [3.63, 3.8) is 0 Å². The van der Waals surface area contributed by atoms with Gasteiger partial charge >= 0.3 is 5.97 Å². The van der Waals surface area contributed by atoms with Crippen molar-refractivity contribution < 1.29 is 9.53 Å². The van der Waals surface area contributed by atoms with Gasteiger partial charge in [-0.05, 0) is 19.9 Å². The van der Waals surface area contributed by atoms with Crippen LogP contribution in [0.4, 0.5) is 5.13 Å². The number of thioether (sulfide) groups is 1. The molecule has 1 atom stereocenters. The van der Waals surface area contributed by atoms with E-state index in [1.54, 1.807) is 0 Å². The van der Waals surface area contributed by atoms with Crippen LogP contribution in [0.5, 0.6) is 0 Å². The van der Waals surface area contributed by atoms with E-state index < -0.39 is 5.54 Å². The fraction of sp³-hybridized carbons (Fsp3) is 0.750. The Morgan fingerprint density at radius 2 is 2.20 bits per heavy atom. The summed E-state index contributed by atoms with van der Waals surface area (Å²) in [6, 6.07) is 0. The molecule has 0 saturated heterocycles. The van der Waals surface area contributed by atoms with Crippen LogP contribution >= 0.6 is 23.1 Å². The smallest absolute Gasteiger partial charge is 0.326 e. The first-order valence-electron chi connectivity index (χ1n) is 6.40. The third-order valence-electron chi connectivity index (χ3n) is 2.66. The van der Waals surface area contributed by atoms with E-state index >= 15 is 0 Å². The normalized spacial score (nSPS) is 13.8. The van der Waals surface area contributed by atoms with Gasteiger partial charge in [-0.25, -0.2) is 0 Å². The Hall–Kier alpha value is -0.860. The molecule has 1 heterocycles. The summed E-state index contributed by atoms with van der Waals surface area (Å²) in [5, 5.41) is 12.3. The number of aromatic nitrogens is 2. The second kappa shape index (κ2) is 7.80. The number of rotatable bonds is 8. The molecule has 0 aliphatic heterocycles. The average Bonchev–Trinajstić information content (AvgIpc) is 2.91. The number of carbonyl (C=O) groups is 1. The topological polar surface area (TPSA) is 67.4 Å². The number of nitrogens with one attached hydrogen (secondary N) is 1. The zero-order chi connectivity index (χ0) is 15.2. The summed E-state index contributed by atoms with van der Waals surface area (Å²) in [7, 11) is 5.26. The van der Waals surface area contributed by atoms with Gasteiger partial charge in [0.1, 0.15) is 5.54 Å². The number of esters is 1. The molecule has 0 aliphatic carbocycles. The molecule has 1 rings (SSSR count). The maximum Gasteiger partial charge on any atom is 0.326 e. The largest absolute Gasteiger partial charge is 0.468 e. The van der Waals surface area contributed by atoms with Crippen LogP contribution in [-0.2, 0) is 9.53 Å². The molecule has 1 aromatic rings. The fourth-order valence-electron chi connectivity index (χ4n) is 1.46. The molecule has 0 aliphatic rings. The molecule has 0 spiro atoms. The summed E-state index contributed by atoms with van der Waals surface area (Å²) < 4.78 is 5.74. The Kier molecular flexibility index (Phi) is 6.70. The maximum atomic E-state index is 11.9. The molecule has 1 N–H and O–H groups in total. The lowest BCUT2D eigenvalue weighted by molar-refractivity contribution is -0.146. The monoisotopic (exact) mass is 318 g/mol. The molecule has 0 saturated carbocycles. The van der Waals surface area contributed by atoms with Gasteiger partial charge in [-0.2, -0.15) is 0 Å². The van der Waals surface area contributed by atoms with E-state index in [0.717, 1.165) is 22.4 Å². The van der Waals surface area contributed by atoms with Gasteiger partial charge in [0, 0.05) is 19.8 Å². The Balaban J connectivity index is 2.67. The SMILES string of the molecule is CCCNC(C)(CSc1nnc(N(C)C)s1)C(=O)OC. The van der Waals surface area contributed by atoms with E-state index in [0.29, 0.717) is 5.75 Å². The summed E-state index contributed by atoms with van der Waals surface area (Å²) in [6.45, 7) is 4.69. The van der Waals surface area contributed by atoms with Gasteiger partial charge in [-0.15, -0.1) is 10.2 Å². The quantitative estimate of drug-likeness (QED) is 0.577. The number of ether oxygens (including phenoxy) is 1. The van der Waals surface area contributed by atoms with Gasteiger partial charge < -0.3 is 15.0 Å². The minimum absolute atomic E-state index is 0.254. The summed E-state index contributed by atoms with van der Waals surface area (Å²) in [4.78, 5) is 13.8. The van der Waals surface area contributed by atoms with Gasteiger partial charge in [-0.3, -0.25) is 4.79 Å². The van der Waals surface area contributed by atoms with Gasteiger partial charge in [0.15, 0.2) is 4.34 Å². The first-order chi connectivity index (χ1) is 9.42. The Morgan fingerprint density at radius 1 is 1.50 bits per heavy atom. The lowest BCUT2D eigenvalue weighted by Gasteiger charge is -2.27. The molecule has 6 nitrogen and oxygen atoms in total. The van der Waals surface area contributed by atoms with Crippen molar-refractivity contribution in [1.29, 1.82) is 0 Å². The zero-order valence-electron chi connectivity index (χ0n) is 12.6. The predicted octanol–water partition coefficient (Wildman–Crippen LogP) is 1.63. The van der Waals surface area contributed by atoms with Crippen LogP contribution < -0.4 is 10.2 Å².